The SMILES string of the molecule is N#CCCN(C(=O)CSc1nnc(-c2ccc3c(c2)OCO3)o1)c1ccc2c(c1)OCCO2. The van der Waals surface area contributed by atoms with E-state index in [1.165, 1.54) is 0 Å². The third kappa shape index (κ3) is 4.51. The second-order valence-corrected chi connectivity index (χ2v) is 7.94. The predicted molar refractivity (Wildman–Crippen MR) is 117 cm³/mol. The number of amides is 1. The van der Waals surface area contributed by atoms with Crippen LogP contribution < -0.4 is 23.8 Å². The molecule has 3 aromatic rings. The Morgan fingerprint density at radius 3 is 2.64 bits per heavy atom. The Balaban J connectivity index is 1.27. The summed E-state index contributed by atoms with van der Waals surface area (Å²) < 4.78 is 27.5. The van der Waals surface area contributed by atoms with E-state index in [-0.39, 0.29) is 36.6 Å². The average Bonchev–Trinajstić information content (AvgIpc) is 3.52. The van der Waals surface area contributed by atoms with Crippen molar-refractivity contribution in [2.75, 3.05) is 37.2 Å². The molecular weight excluding hydrogens is 448 g/mol. The van der Waals surface area contributed by atoms with Gasteiger partial charge < -0.3 is 28.3 Å². The number of hydrogen-bond donors (Lipinski definition) is 0. The average molecular weight is 466 g/mol. The molecule has 33 heavy (non-hydrogen) atoms. The lowest BCUT2D eigenvalue weighted by Gasteiger charge is -2.24. The first-order valence-electron chi connectivity index (χ1n) is 10.1. The molecule has 0 unspecified atom stereocenters. The van der Waals surface area contributed by atoms with Crippen molar-refractivity contribution in [1.29, 1.82) is 5.26 Å². The molecule has 0 N–H and O–H groups in total. The van der Waals surface area contributed by atoms with Gasteiger partial charge >= 0.3 is 0 Å². The van der Waals surface area contributed by atoms with E-state index in [1.54, 1.807) is 41.3 Å². The van der Waals surface area contributed by atoms with Crippen LogP contribution in [0.1, 0.15) is 6.42 Å². The van der Waals surface area contributed by atoms with Crippen molar-refractivity contribution in [2.24, 2.45) is 0 Å². The van der Waals surface area contributed by atoms with Crippen LogP contribution >= 0.6 is 11.8 Å². The van der Waals surface area contributed by atoms with Crippen LogP contribution in [0.25, 0.3) is 11.5 Å². The van der Waals surface area contributed by atoms with E-state index >= 15 is 0 Å². The number of rotatable bonds is 7. The highest BCUT2D eigenvalue weighted by Crippen LogP contribution is 2.36. The Hall–Kier alpha value is -3.91. The molecule has 0 atom stereocenters. The molecule has 0 spiro atoms. The molecular formula is C22H18N4O6S. The number of fused-ring (bicyclic) bond motifs is 2. The molecule has 2 aliphatic rings. The lowest BCUT2D eigenvalue weighted by atomic mass is 10.2. The molecule has 5 rings (SSSR count). The molecule has 0 bridgehead atoms. The van der Waals surface area contributed by atoms with Crippen molar-refractivity contribution in [2.45, 2.75) is 11.6 Å². The number of nitrogens with zero attached hydrogens (tertiary/aromatic N) is 4. The van der Waals surface area contributed by atoms with Crippen molar-refractivity contribution in [3.63, 3.8) is 0 Å². The second kappa shape index (κ2) is 9.30. The van der Waals surface area contributed by atoms with Crippen LogP contribution in [0.4, 0.5) is 5.69 Å². The van der Waals surface area contributed by atoms with Crippen LogP contribution in [-0.2, 0) is 4.79 Å². The van der Waals surface area contributed by atoms with Crippen LogP contribution in [0.5, 0.6) is 23.0 Å². The van der Waals surface area contributed by atoms with Gasteiger partial charge in [0.25, 0.3) is 5.22 Å². The first-order chi connectivity index (χ1) is 16.2. The minimum atomic E-state index is -0.199. The largest absolute Gasteiger partial charge is 0.486 e. The fourth-order valence-electron chi connectivity index (χ4n) is 3.38. The van der Waals surface area contributed by atoms with Gasteiger partial charge in [-0.3, -0.25) is 4.79 Å². The summed E-state index contributed by atoms with van der Waals surface area (Å²) in [7, 11) is 0. The van der Waals surface area contributed by atoms with E-state index in [1.807, 2.05) is 0 Å². The summed E-state index contributed by atoms with van der Waals surface area (Å²) in [6.07, 6.45) is 0.194. The van der Waals surface area contributed by atoms with Crippen molar-refractivity contribution in [3.8, 4) is 40.5 Å². The lowest BCUT2D eigenvalue weighted by Crippen LogP contribution is -2.33. The summed E-state index contributed by atoms with van der Waals surface area (Å²) in [6.45, 7) is 1.36. The van der Waals surface area contributed by atoms with E-state index in [2.05, 4.69) is 16.3 Å². The molecule has 0 saturated carbocycles. The smallest absolute Gasteiger partial charge is 0.277 e. The topological polar surface area (TPSA) is 120 Å². The molecule has 168 valence electrons. The maximum absolute atomic E-state index is 13.0. The molecule has 2 aliphatic heterocycles. The fourth-order valence-corrected chi connectivity index (χ4v) is 4.01. The molecule has 0 saturated heterocycles. The van der Waals surface area contributed by atoms with Crippen LogP contribution in [0.3, 0.4) is 0 Å². The zero-order valence-electron chi connectivity index (χ0n) is 17.4. The number of benzene rings is 2. The van der Waals surface area contributed by atoms with Crippen LogP contribution in [0, 0.1) is 11.3 Å². The maximum Gasteiger partial charge on any atom is 0.277 e. The molecule has 1 amide bonds. The summed E-state index contributed by atoms with van der Waals surface area (Å²) in [5.74, 6) is 2.66. The Morgan fingerprint density at radius 1 is 1.00 bits per heavy atom. The van der Waals surface area contributed by atoms with E-state index in [4.69, 9.17) is 28.6 Å². The maximum atomic E-state index is 13.0. The molecule has 0 fully saturated rings. The number of carbonyl (C=O) groups excluding carboxylic acids is 1. The Labute approximate surface area is 193 Å². The van der Waals surface area contributed by atoms with E-state index in [0.29, 0.717) is 53.4 Å². The van der Waals surface area contributed by atoms with Gasteiger partial charge in [-0.2, -0.15) is 5.26 Å². The Bertz CT molecular complexity index is 1220. The van der Waals surface area contributed by atoms with Gasteiger partial charge in [-0.25, -0.2) is 0 Å². The first-order valence-corrected chi connectivity index (χ1v) is 11.1. The third-order valence-corrected chi connectivity index (χ3v) is 5.73. The minimum absolute atomic E-state index is 0.0582. The number of aromatic nitrogens is 2. The summed E-state index contributed by atoms with van der Waals surface area (Å²) in [5.41, 5.74) is 1.32. The molecule has 0 radical (unpaired) electrons. The van der Waals surface area contributed by atoms with Crippen molar-refractivity contribution < 1.29 is 28.2 Å². The normalized spacial score (nSPS) is 13.4. The fraction of sp³-hybridized carbons (Fsp3) is 0.273. The van der Waals surface area contributed by atoms with Gasteiger partial charge in [0.05, 0.1) is 18.2 Å². The minimum Gasteiger partial charge on any atom is -0.486 e. The Kier molecular flexibility index (Phi) is 5.91. The standard InChI is InChI=1S/C22H18N4O6S/c23-6-1-7-26(15-3-5-16-19(11-15)29-9-8-28-16)20(27)12-33-22-25-24-21(32-22)14-2-4-17-18(10-14)31-13-30-17/h2-5,10-11H,1,7-9,12-13H2. The monoisotopic (exact) mass is 466 g/mol. The number of carbonyl (C=O) groups is 1. The zero-order chi connectivity index (χ0) is 22.6. The highest BCUT2D eigenvalue weighted by molar-refractivity contribution is 7.99. The van der Waals surface area contributed by atoms with Crippen molar-refractivity contribution in [3.05, 3.63) is 36.4 Å². The number of hydrogen-bond acceptors (Lipinski definition) is 10. The highest BCUT2D eigenvalue weighted by Gasteiger charge is 2.21. The van der Waals surface area contributed by atoms with Gasteiger partial charge in [0, 0.05) is 23.9 Å². The molecule has 1 aromatic heterocycles. The third-order valence-electron chi connectivity index (χ3n) is 4.93. The molecule has 2 aromatic carbocycles. The van der Waals surface area contributed by atoms with Gasteiger partial charge in [-0.05, 0) is 30.3 Å². The van der Waals surface area contributed by atoms with E-state index < -0.39 is 0 Å². The number of anilines is 1. The second-order valence-electron chi connectivity index (χ2n) is 7.01. The summed E-state index contributed by atoms with van der Waals surface area (Å²) >= 11 is 1.13. The van der Waals surface area contributed by atoms with Gasteiger partial charge in [0.2, 0.25) is 18.6 Å². The number of thioether (sulfide) groups is 1. The summed E-state index contributed by atoms with van der Waals surface area (Å²) in [6, 6.07) is 12.7. The van der Waals surface area contributed by atoms with Crippen molar-refractivity contribution in [1.82, 2.24) is 10.2 Å². The van der Waals surface area contributed by atoms with Crippen LogP contribution in [0.2, 0.25) is 0 Å². The first kappa shape index (κ1) is 21.0. The summed E-state index contributed by atoms with van der Waals surface area (Å²) in [4.78, 5) is 14.5. The molecule has 10 nitrogen and oxygen atoms in total. The van der Waals surface area contributed by atoms with Gasteiger partial charge in [0.1, 0.15) is 13.2 Å². The molecule has 0 aliphatic carbocycles. The van der Waals surface area contributed by atoms with Gasteiger partial charge in [0.15, 0.2) is 23.0 Å². The lowest BCUT2D eigenvalue weighted by molar-refractivity contribution is -0.116. The van der Waals surface area contributed by atoms with Gasteiger partial charge in [-0.1, -0.05) is 11.8 Å². The van der Waals surface area contributed by atoms with Crippen LogP contribution in [0.15, 0.2) is 46.0 Å². The van der Waals surface area contributed by atoms with E-state index in [0.717, 1.165) is 11.8 Å². The van der Waals surface area contributed by atoms with Crippen LogP contribution in [-0.4, -0.2) is 48.4 Å². The van der Waals surface area contributed by atoms with Gasteiger partial charge in [-0.15, -0.1) is 10.2 Å². The highest BCUT2D eigenvalue weighted by atomic mass is 32.2. The van der Waals surface area contributed by atoms with Crippen molar-refractivity contribution >= 4 is 23.4 Å². The van der Waals surface area contributed by atoms with E-state index in [9.17, 15) is 4.79 Å². The number of ether oxygens (including phenoxy) is 4. The molecule has 3 heterocycles. The zero-order valence-corrected chi connectivity index (χ0v) is 18.2. The molecule has 11 heteroatoms. The Morgan fingerprint density at radius 2 is 1.76 bits per heavy atom. The number of nitriles is 1. The quantitative estimate of drug-likeness (QED) is 0.480. The summed E-state index contributed by atoms with van der Waals surface area (Å²) in [5, 5.41) is 17.4. The predicted octanol–water partition coefficient (Wildman–Crippen LogP) is 3.28.